The van der Waals surface area contributed by atoms with Crippen LogP contribution in [0.5, 0.6) is 0 Å². The number of rotatable bonds is 2. The molecule has 0 aromatic heterocycles. The van der Waals surface area contributed by atoms with Crippen LogP contribution in [0.2, 0.25) is 0 Å². The SMILES string of the molecule is Cc1ccc(NC(=O)NC2CC2)c(C#CCO)c1. The molecule has 94 valence electrons. The first kappa shape index (κ1) is 12.5. The number of aryl methyl sites for hydroxylation is 1. The average molecular weight is 244 g/mol. The maximum Gasteiger partial charge on any atom is 0.319 e. The fourth-order valence-corrected chi connectivity index (χ4v) is 1.58. The number of carbonyl (C=O) groups excluding carboxylic acids is 1. The lowest BCUT2D eigenvalue weighted by Crippen LogP contribution is -2.30. The number of aliphatic hydroxyl groups is 1. The summed E-state index contributed by atoms with van der Waals surface area (Å²) in [7, 11) is 0. The number of nitrogens with one attached hydrogen (secondary N) is 2. The number of carbonyl (C=O) groups is 1. The van der Waals surface area contributed by atoms with E-state index in [0.29, 0.717) is 11.7 Å². The van der Waals surface area contributed by atoms with E-state index in [1.54, 1.807) is 0 Å². The second-order valence-electron chi connectivity index (χ2n) is 4.38. The molecule has 18 heavy (non-hydrogen) atoms. The topological polar surface area (TPSA) is 61.4 Å². The third-order valence-electron chi connectivity index (χ3n) is 2.64. The predicted molar refractivity (Wildman–Crippen MR) is 70.3 cm³/mol. The van der Waals surface area contributed by atoms with Crippen molar-refractivity contribution < 1.29 is 9.90 Å². The Morgan fingerprint density at radius 3 is 2.94 bits per heavy atom. The molecule has 0 atom stereocenters. The Hall–Kier alpha value is -1.99. The summed E-state index contributed by atoms with van der Waals surface area (Å²) in [5, 5.41) is 14.4. The first-order valence-electron chi connectivity index (χ1n) is 5.97. The second-order valence-corrected chi connectivity index (χ2v) is 4.38. The summed E-state index contributed by atoms with van der Waals surface area (Å²) >= 11 is 0. The average Bonchev–Trinajstić information content (AvgIpc) is 3.13. The number of aliphatic hydroxyl groups excluding tert-OH is 1. The first-order chi connectivity index (χ1) is 8.69. The van der Waals surface area contributed by atoms with Crippen LogP contribution >= 0.6 is 0 Å². The van der Waals surface area contributed by atoms with Gasteiger partial charge in [-0.2, -0.15) is 0 Å². The molecule has 0 unspecified atom stereocenters. The van der Waals surface area contributed by atoms with E-state index in [2.05, 4.69) is 22.5 Å². The van der Waals surface area contributed by atoms with Crippen molar-refractivity contribution in [3.63, 3.8) is 0 Å². The summed E-state index contributed by atoms with van der Waals surface area (Å²) in [6.07, 6.45) is 2.11. The van der Waals surface area contributed by atoms with Crippen molar-refractivity contribution in [3.8, 4) is 11.8 Å². The van der Waals surface area contributed by atoms with Gasteiger partial charge in [0.2, 0.25) is 0 Å². The fraction of sp³-hybridized carbons (Fsp3) is 0.357. The molecule has 1 aromatic carbocycles. The molecule has 0 aliphatic heterocycles. The highest BCUT2D eigenvalue weighted by Gasteiger charge is 2.23. The zero-order valence-corrected chi connectivity index (χ0v) is 10.3. The fourth-order valence-electron chi connectivity index (χ4n) is 1.58. The number of anilines is 1. The van der Waals surface area contributed by atoms with Gasteiger partial charge in [-0.15, -0.1) is 0 Å². The lowest BCUT2D eigenvalue weighted by Gasteiger charge is -2.09. The van der Waals surface area contributed by atoms with Gasteiger partial charge >= 0.3 is 6.03 Å². The quantitative estimate of drug-likeness (QED) is 0.692. The molecule has 2 amide bonds. The zero-order chi connectivity index (χ0) is 13.0. The molecule has 3 N–H and O–H groups in total. The van der Waals surface area contributed by atoms with E-state index in [9.17, 15) is 4.79 Å². The normalized spacial score (nSPS) is 13.4. The minimum atomic E-state index is -0.201. The Labute approximate surface area is 106 Å². The molecule has 2 rings (SSSR count). The van der Waals surface area contributed by atoms with Crippen molar-refractivity contribution in [2.75, 3.05) is 11.9 Å². The molecule has 1 saturated carbocycles. The molecule has 1 aliphatic rings. The van der Waals surface area contributed by atoms with Gasteiger partial charge in [-0.3, -0.25) is 0 Å². The molecule has 1 aliphatic carbocycles. The maximum atomic E-state index is 11.7. The van der Waals surface area contributed by atoms with E-state index in [1.807, 2.05) is 25.1 Å². The van der Waals surface area contributed by atoms with Gasteiger partial charge in [-0.25, -0.2) is 4.79 Å². The van der Waals surface area contributed by atoms with E-state index >= 15 is 0 Å². The largest absolute Gasteiger partial charge is 0.384 e. The summed E-state index contributed by atoms with van der Waals surface area (Å²) < 4.78 is 0. The Bertz CT molecular complexity index is 510. The first-order valence-corrected chi connectivity index (χ1v) is 5.97. The van der Waals surface area contributed by atoms with Crippen molar-refractivity contribution in [1.29, 1.82) is 0 Å². The molecular weight excluding hydrogens is 228 g/mol. The van der Waals surface area contributed by atoms with E-state index in [0.717, 1.165) is 24.0 Å². The van der Waals surface area contributed by atoms with Crippen molar-refractivity contribution in [3.05, 3.63) is 29.3 Å². The maximum absolute atomic E-state index is 11.7. The third-order valence-corrected chi connectivity index (χ3v) is 2.64. The monoisotopic (exact) mass is 244 g/mol. The van der Waals surface area contributed by atoms with E-state index in [1.165, 1.54) is 0 Å². The second kappa shape index (κ2) is 5.56. The molecule has 4 nitrogen and oxygen atoms in total. The van der Waals surface area contributed by atoms with Gasteiger partial charge in [0.05, 0.1) is 5.69 Å². The van der Waals surface area contributed by atoms with Gasteiger partial charge in [0.1, 0.15) is 6.61 Å². The lowest BCUT2D eigenvalue weighted by molar-refractivity contribution is 0.251. The van der Waals surface area contributed by atoms with Crippen LogP contribution in [0.4, 0.5) is 10.5 Å². The van der Waals surface area contributed by atoms with Crippen LogP contribution in [0, 0.1) is 18.8 Å². The number of benzene rings is 1. The minimum Gasteiger partial charge on any atom is -0.384 e. The number of hydrogen-bond donors (Lipinski definition) is 3. The molecule has 1 aromatic rings. The van der Waals surface area contributed by atoms with Crippen LogP contribution in [0.15, 0.2) is 18.2 Å². The van der Waals surface area contributed by atoms with Crippen molar-refractivity contribution in [2.24, 2.45) is 0 Å². The highest BCUT2D eigenvalue weighted by atomic mass is 16.2. The summed E-state index contributed by atoms with van der Waals surface area (Å²) in [4.78, 5) is 11.7. The van der Waals surface area contributed by atoms with Crippen molar-refractivity contribution in [1.82, 2.24) is 5.32 Å². The van der Waals surface area contributed by atoms with E-state index in [4.69, 9.17) is 5.11 Å². The van der Waals surface area contributed by atoms with E-state index in [-0.39, 0.29) is 12.6 Å². The van der Waals surface area contributed by atoms with Crippen LogP contribution in [-0.2, 0) is 0 Å². The minimum absolute atomic E-state index is 0.193. The summed E-state index contributed by atoms with van der Waals surface area (Å²) in [6, 6.07) is 5.74. The third kappa shape index (κ3) is 3.51. The molecule has 0 heterocycles. The Morgan fingerprint density at radius 2 is 2.28 bits per heavy atom. The summed E-state index contributed by atoms with van der Waals surface area (Å²) in [6.45, 7) is 1.76. The van der Waals surface area contributed by atoms with Gasteiger partial charge in [0, 0.05) is 11.6 Å². The number of amides is 2. The van der Waals surface area contributed by atoms with Crippen LogP contribution in [0.3, 0.4) is 0 Å². The molecule has 4 heteroatoms. The van der Waals surface area contributed by atoms with Crippen LogP contribution in [-0.4, -0.2) is 23.8 Å². The smallest absolute Gasteiger partial charge is 0.319 e. The number of urea groups is 1. The Morgan fingerprint density at radius 1 is 1.50 bits per heavy atom. The van der Waals surface area contributed by atoms with Crippen molar-refractivity contribution >= 4 is 11.7 Å². The van der Waals surface area contributed by atoms with E-state index < -0.39 is 0 Å². The zero-order valence-electron chi connectivity index (χ0n) is 10.3. The van der Waals surface area contributed by atoms with Crippen LogP contribution in [0.1, 0.15) is 24.0 Å². The highest BCUT2D eigenvalue weighted by molar-refractivity contribution is 5.91. The molecule has 0 saturated heterocycles. The van der Waals surface area contributed by atoms with Crippen LogP contribution < -0.4 is 10.6 Å². The summed E-state index contributed by atoms with van der Waals surface area (Å²) in [5.41, 5.74) is 2.44. The van der Waals surface area contributed by atoms with Crippen LogP contribution in [0.25, 0.3) is 0 Å². The highest BCUT2D eigenvalue weighted by Crippen LogP contribution is 2.20. The van der Waals surface area contributed by atoms with Gasteiger partial charge in [-0.05, 0) is 37.5 Å². The molecule has 1 fully saturated rings. The van der Waals surface area contributed by atoms with Gasteiger partial charge in [0.15, 0.2) is 0 Å². The van der Waals surface area contributed by atoms with Crippen molar-refractivity contribution in [2.45, 2.75) is 25.8 Å². The standard InChI is InChI=1S/C14H16N2O2/c1-10-4-7-13(11(9-10)3-2-8-17)16-14(18)15-12-5-6-12/h4,7,9,12,17H,5-6,8H2,1H3,(H2,15,16,18). The predicted octanol–water partition coefficient (Wildman–Crippen LogP) is 1.62. The van der Waals surface area contributed by atoms with Gasteiger partial charge in [-0.1, -0.05) is 17.9 Å². The molecule has 0 radical (unpaired) electrons. The lowest BCUT2D eigenvalue weighted by atomic mass is 10.1. The van der Waals surface area contributed by atoms with Gasteiger partial charge in [0.25, 0.3) is 0 Å². The molecule has 0 bridgehead atoms. The summed E-state index contributed by atoms with van der Waals surface area (Å²) in [5.74, 6) is 5.43. The van der Waals surface area contributed by atoms with Gasteiger partial charge < -0.3 is 15.7 Å². The number of hydrogen-bond acceptors (Lipinski definition) is 2. The Balaban J connectivity index is 2.12. The molecular formula is C14H16N2O2. The molecule has 0 spiro atoms. The Kier molecular flexibility index (Phi) is 3.85.